The van der Waals surface area contributed by atoms with Crippen molar-refractivity contribution in [3.63, 3.8) is 0 Å². The van der Waals surface area contributed by atoms with Gasteiger partial charge in [0.1, 0.15) is 0 Å². The van der Waals surface area contributed by atoms with Gasteiger partial charge in [-0.05, 0) is 49.5 Å². The van der Waals surface area contributed by atoms with Gasteiger partial charge in [-0.15, -0.1) is 0 Å². The number of nitrogens with one attached hydrogen (secondary N) is 2. The molecule has 0 amide bonds. The van der Waals surface area contributed by atoms with E-state index in [1.165, 1.54) is 25.7 Å². The van der Waals surface area contributed by atoms with Gasteiger partial charge in [0.2, 0.25) is 0 Å². The summed E-state index contributed by atoms with van der Waals surface area (Å²) in [6.07, 6.45) is 5.07. The van der Waals surface area contributed by atoms with Gasteiger partial charge in [-0.3, -0.25) is 0 Å². The maximum atomic E-state index is 5.48. The predicted octanol–water partition coefficient (Wildman–Crippen LogP) is 3.88. The standard InChI is InChI=1S/C17H26N2O2S/c1-11-7-5-6-8-13(11)18-17(22)19-14-10-16(21-4)15(20-3)9-12(14)2/h9-11,13H,5-8H2,1-4H3,(H2,18,19,22)/t11-,13-/m1/s1. The molecular weight excluding hydrogens is 296 g/mol. The number of ether oxygens (including phenoxy) is 2. The highest BCUT2D eigenvalue weighted by Gasteiger charge is 2.22. The highest BCUT2D eigenvalue weighted by Crippen LogP contribution is 2.33. The van der Waals surface area contributed by atoms with Crippen LogP contribution in [0.4, 0.5) is 5.69 Å². The van der Waals surface area contributed by atoms with Crippen LogP contribution >= 0.6 is 12.2 Å². The summed E-state index contributed by atoms with van der Waals surface area (Å²) in [6.45, 7) is 4.32. The molecule has 5 heteroatoms. The zero-order valence-corrected chi connectivity index (χ0v) is 14.7. The SMILES string of the molecule is COc1cc(C)c(NC(=S)N[C@@H]2CCCC[C@H]2C)cc1OC. The maximum Gasteiger partial charge on any atom is 0.171 e. The lowest BCUT2D eigenvalue weighted by molar-refractivity contribution is 0.309. The Morgan fingerprint density at radius 2 is 1.77 bits per heavy atom. The minimum Gasteiger partial charge on any atom is -0.493 e. The van der Waals surface area contributed by atoms with E-state index in [-0.39, 0.29) is 0 Å². The molecule has 1 aliphatic carbocycles. The van der Waals surface area contributed by atoms with Crippen LogP contribution in [-0.2, 0) is 0 Å². The van der Waals surface area contributed by atoms with Crippen LogP contribution in [0.25, 0.3) is 0 Å². The number of aryl methyl sites for hydroxylation is 1. The summed E-state index contributed by atoms with van der Waals surface area (Å²) in [4.78, 5) is 0. The third kappa shape index (κ3) is 4.03. The lowest BCUT2D eigenvalue weighted by Crippen LogP contribution is -2.43. The lowest BCUT2D eigenvalue weighted by Gasteiger charge is -2.30. The monoisotopic (exact) mass is 322 g/mol. The van der Waals surface area contributed by atoms with Crippen molar-refractivity contribution >= 4 is 23.0 Å². The van der Waals surface area contributed by atoms with E-state index < -0.39 is 0 Å². The van der Waals surface area contributed by atoms with Crippen LogP contribution < -0.4 is 20.1 Å². The van der Waals surface area contributed by atoms with E-state index >= 15 is 0 Å². The topological polar surface area (TPSA) is 42.5 Å². The van der Waals surface area contributed by atoms with E-state index in [2.05, 4.69) is 17.6 Å². The first-order valence-corrected chi connectivity index (χ1v) is 8.26. The van der Waals surface area contributed by atoms with Crippen LogP contribution in [0.2, 0.25) is 0 Å². The minimum absolute atomic E-state index is 0.467. The first kappa shape index (κ1) is 16.9. The van der Waals surface area contributed by atoms with Crippen molar-refractivity contribution in [1.29, 1.82) is 0 Å². The normalized spacial score (nSPS) is 21.1. The Bertz CT molecular complexity index is 534. The first-order chi connectivity index (χ1) is 10.5. The van der Waals surface area contributed by atoms with Crippen molar-refractivity contribution in [2.24, 2.45) is 5.92 Å². The van der Waals surface area contributed by atoms with Crippen molar-refractivity contribution in [1.82, 2.24) is 5.32 Å². The van der Waals surface area contributed by atoms with Crippen LogP contribution in [0.15, 0.2) is 12.1 Å². The summed E-state index contributed by atoms with van der Waals surface area (Å²) < 4.78 is 10.7. The maximum absolute atomic E-state index is 5.48. The molecular formula is C17H26N2O2S. The van der Waals surface area contributed by atoms with Crippen LogP contribution in [-0.4, -0.2) is 25.4 Å². The molecule has 0 spiro atoms. The lowest BCUT2D eigenvalue weighted by atomic mass is 9.86. The second kappa shape index (κ2) is 7.68. The van der Waals surface area contributed by atoms with Crippen molar-refractivity contribution in [3.8, 4) is 11.5 Å². The third-order valence-corrected chi connectivity index (χ3v) is 4.63. The van der Waals surface area contributed by atoms with Gasteiger partial charge in [0.15, 0.2) is 16.6 Å². The van der Waals surface area contributed by atoms with Crippen LogP contribution in [0, 0.1) is 12.8 Å². The number of anilines is 1. The zero-order valence-electron chi connectivity index (χ0n) is 13.9. The fourth-order valence-electron chi connectivity index (χ4n) is 2.97. The third-order valence-electron chi connectivity index (χ3n) is 4.41. The van der Waals surface area contributed by atoms with Crippen molar-refractivity contribution in [2.75, 3.05) is 19.5 Å². The number of methoxy groups -OCH3 is 2. The summed E-state index contributed by atoms with van der Waals surface area (Å²) in [5.74, 6) is 2.09. The predicted molar refractivity (Wildman–Crippen MR) is 95.1 cm³/mol. The van der Waals surface area contributed by atoms with Gasteiger partial charge in [0, 0.05) is 17.8 Å². The number of hydrogen-bond donors (Lipinski definition) is 2. The van der Waals surface area contributed by atoms with E-state index in [1.807, 2.05) is 19.1 Å². The van der Waals surface area contributed by atoms with E-state index in [1.54, 1.807) is 14.2 Å². The molecule has 1 saturated carbocycles. The van der Waals surface area contributed by atoms with Gasteiger partial charge in [-0.25, -0.2) is 0 Å². The van der Waals surface area contributed by atoms with Crippen LogP contribution in [0.5, 0.6) is 11.5 Å². The van der Waals surface area contributed by atoms with E-state index in [4.69, 9.17) is 21.7 Å². The molecule has 1 fully saturated rings. The molecule has 0 aromatic heterocycles. The van der Waals surface area contributed by atoms with E-state index in [0.717, 1.165) is 17.0 Å². The van der Waals surface area contributed by atoms with Gasteiger partial charge in [0.25, 0.3) is 0 Å². The molecule has 0 bridgehead atoms. The molecule has 0 radical (unpaired) electrons. The molecule has 122 valence electrons. The molecule has 0 aliphatic heterocycles. The van der Waals surface area contributed by atoms with Gasteiger partial charge in [-0.1, -0.05) is 19.8 Å². The molecule has 4 nitrogen and oxygen atoms in total. The minimum atomic E-state index is 0.467. The summed E-state index contributed by atoms with van der Waals surface area (Å²) >= 11 is 5.48. The average Bonchev–Trinajstić information content (AvgIpc) is 2.51. The van der Waals surface area contributed by atoms with Gasteiger partial charge < -0.3 is 20.1 Å². The van der Waals surface area contributed by atoms with E-state index in [9.17, 15) is 0 Å². The number of benzene rings is 1. The summed E-state index contributed by atoms with van der Waals surface area (Å²) in [5.41, 5.74) is 2.01. The second-order valence-electron chi connectivity index (χ2n) is 5.99. The molecule has 1 aromatic rings. The largest absolute Gasteiger partial charge is 0.493 e. The Morgan fingerprint density at radius 3 is 2.41 bits per heavy atom. The van der Waals surface area contributed by atoms with Gasteiger partial charge >= 0.3 is 0 Å². The number of hydrogen-bond acceptors (Lipinski definition) is 3. The second-order valence-corrected chi connectivity index (χ2v) is 6.40. The molecule has 1 aliphatic rings. The van der Waals surface area contributed by atoms with Crippen LogP contribution in [0.1, 0.15) is 38.2 Å². The quantitative estimate of drug-likeness (QED) is 0.824. The Hall–Kier alpha value is -1.49. The summed E-state index contributed by atoms with van der Waals surface area (Å²) in [5, 5.41) is 7.42. The van der Waals surface area contributed by atoms with E-state index in [0.29, 0.717) is 22.8 Å². The van der Waals surface area contributed by atoms with Crippen molar-refractivity contribution < 1.29 is 9.47 Å². The molecule has 2 rings (SSSR count). The smallest absolute Gasteiger partial charge is 0.171 e. The highest BCUT2D eigenvalue weighted by atomic mass is 32.1. The molecule has 2 N–H and O–H groups in total. The molecule has 22 heavy (non-hydrogen) atoms. The Kier molecular flexibility index (Phi) is 5.89. The Labute approximate surface area is 138 Å². The molecule has 0 saturated heterocycles. The number of rotatable bonds is 4. The summed E-state index contributed by atoms with van der Waals surface area (Å²) in [6, 6.07) is 4.34. The molecule has 1 aromatic carbocycles. The Balaban J connectivity index is 2.04. The van der Waals surface area contributed by atoms with Crippen molar-refractivity contribution in [2.45, 2.75) is 45.6 Å². The fraction of sp³-hybridized carbons (Fsp3) is 0.588. The molecule has 0 heterocycles. The van der Waals surface area contributed by atoms with Gasteiger partial charge in [0.05, 0.1) is 14.2 Å². The van der Waals surface area contributed by atoms with Crippen molar-refractivity contribution in [3.05, 3.63) is 17.7 Å². The molecule has 0 unspecified atom stereocenters. The van der Waals surface area contributed by atoms with Crippen LogP contribution in [0.3, 0.4) is 0 Å². The van der Waals surface area contributed by atoms with Gasteiger partial charge in [-0.2, -0.15) is 0 Å². The number of thiocarbonyl (C=S) groups is 1. The fourth-order valence-corrected chi connectivity index (χ4v) is 3.23. The molecule has 2 atom stereocenters. The Morgan fingerprint density at radius 1 is 1.14 bits per heavy atom. The summed E-state index contributed by atoms with van der Waals surface area (Å²) in [7, 11) is 3.28. The zero-order chi connectivity index (χ0) is 16.1. The highest BCUT2D eigenvalue weighted by molar-refractivity contribution is 7.80. The average molecular weight is 322 g/mol. The first-order valence-electron chi connectivity index (χ1n) is 7.85.